The minimum absolute atomic E-state index is 0.0782. The summed E-state index contributed by atoms with van der Waals surface area (Å²) in [7, 11) is 3.25. The van der Waals surface area contributed by atoms with Crippen molar-refractivity contribution in [3.05, 3.63) is 53.3 Å². The van der Waals surface area contributed by atoms with E-state index in [1.54, 1.807) is 26.4 Å². The van der Waals surface area contributed by atoms with Gasteiger partial charge in [-0.05, 0) is 42.0 Å². The average Bonchev–Trinajstić information content (AvgIpc) is 2.62. The maximum absolute atomic E-state index is 12.9. The minimum atomic E-state index is -0.319. The highest BCUT2D eigenvalue weighted by Crippen LogP contribution is 2.31. The van der Waals surface area contributed by atoms with Crippen molar-refractivity contribution in [2.45, 2.75) is 13.0 Å². The van der Waals surface area contributed by atoms with Crippen LogP contribution in [-0.2, 0) is 17.8 Å². The standard InChI is InChI=1S/C19H21FN2O3/c1-24-17-9-13-7-8-22(11-14(13)10-18(17)25-2)12-19(23)21-16-5-3-15(20)4-6-16/h3-6,9-10H,7-8,11-12H2,1-2H3,(H,21,23)/p+1. The number of anilines is 1. The third-order valence-electron chi connectivity index (χ3n) is 4.43. The molecule has 0 saturated carbocycles. The van der Waals surface area contributed by atoms with Crippen molar-refractivity contribution in [1.29, 1.82) is 0 Å². The number of nitrogens with one attached hydrogen (secondary N) is 2. The van der Waals surface area contributed by atoms with Gasteiger partial charge in [0.05, 0.1) is 20.8 Å². The maximum atomic E-state index is 12.9. The lowest BCUT2D eigenvalue weighted by molar-refractivity contribution is -0.907. The van der Waals surface area contributed by atoms with E-state index in [0.717, 1.165) is 25.3 Å². The quantitative estimate of drug-likeness (QED) is 0.862. The fourth-order valence-corrected chi connectivity index (χ4v) is 3.15. The molecule has 0 saturated heterocycles. The molecule has 1 aliphatic rings. The zero-order chi connectivity index (χ0) is 17.8. The Hall–Kier alpha value is -2.60. The Morgan fingerprint density at radius 3 is 2.40 bits per heavy atom. The molecule has 1 heterocycles. The van der Waals surface area contributed by atoms with Gasteiger partial charge in [-0.15, -0.1) is 0 Å². The fraction of sp³-hybridized carbons (Fsp3) is 0.316. The Morgan fingerprint density at radius 2 is 1.76 bits per heavy atom. The summed E-state index contributed by atoms with van der Waals surface area (Å²) < 4.78 is 23.6. The largest absolute Gasteiger partial charge is 0.493 e. The molecule has 1 amide bonds. The van der Waals surface area contributed by atoms with Crippen LogP contribution >= 0.6 is 0 Å². The van der Waals surface area contributed by atoms with Crippen LogP contribution in [0.2, 0.25) is 0 Å². The Morgan fingerprint density at radius 1 is 1.12 bits per heavy atom. The summed E-state index contributed by atoms with van der Waals surface area (Å²) in [6.45, 7) is 2.00. The van der Waals surface area contributed by atoms with Crippen LogP contribution in [0.15, 0.2) is 36.4 Å². The lowest BCUT2D eigenvalue weighted by Gasteiger charge is -2.26. The highest BCUT2D eigenvalue weighted by Gasteiger charge is 2.24. The van der Waals surface area contributed by atoms with Crippen LogP contribution in [-0.4, -0.2) is 33.2 Å². The number of amides is 1. The van der Waals surface area contributed by atoms with Gasteiger partial charge in [0.15, 0.2) is 18.0 Å². The number of hydrogen-bond acceptors (Lipinski definition) is 3. The molecular formula is C19H22FN2O3+. The van der Waals surface area contributed by atoms with E-state index in [4.69, 9.17) is 9.47 Å². The summed E-state index contributed by atoms with van der Waals surface area (Å²) in [4.78, 5) is 13.4. The lowest BCUT2D eigenvalue weighted by atomic mass is 9.99. The number of hydrogen-bond donors (Lipinski definition) is 2. The van der Waals surface area contributed by atoms with Crippen molar-refractivity contribution < 1.29 is 23.6 Å². The van der Waals surface area contributed by atoms with Gasteiger partial charge in [-0.2, -0.15) is 0 Å². The summed E-state index contributed by atoms with van der Waals surface area (Å²) in [5.74, 6) is 1.04. The second-order valence-corrected chi connectivity index (χ2v) is 6.13. The number of quaternary nitrogens is 1. The highest BCUT2D eigenvalue weighted by atomic mass is 19.1. The van der Waals surface area contributed by atoms with Crippen molar-refractivity contribution in [3.8, 4) is 11.5 Å². The van der Waals surface area contributed by atoms with E-state index in [-0.39, 0.29) is 11.7 Å². The second kappa shape index (κ2) is 7.53. The minimum Gasteiger partial charge on any atom is -0.493 e. The van der Waals surface area contributed by atoms with Crippen molar-refractivity contribution in [2.24, 2.45) is 0 Å². The number of fused-ring (bicyclic) bond motifs is 1. The van der Waals surface area contributed by atoms with Crippen LogP contribution in [0.3, 0.4) is 0 Å². The third-order valence-corrected chi connectivity index (χ3v) is 4.43. The van der Waals surface area contributed by atoms with Gasteiger partial charge in [0.1, 0.15) is 12.4 Å². The van der Waals surface area contributed by atoms with Gasteiger partial charge in [-0.25, -0.2) is 4.39 Å². The molecule has 25 heavy (non-hydrogen) atoms. The van der Waals surface area contributed by atoms with Crippen LogP contribution in [0.5, 0.6) is 11.5 Å². The third kappa shape index (κ3) is 4.09. The molecule has 0 aromatic heterocycles. The smallest absolute Gasteiger partial charge is 0.279 e. The van der Waals surface area contributed by atoms with Crippen molar-refractivity contribution in [2.75, 3.05) is 32.6 Å². The molecule has 5 nitrogen and oxygen atoms in total. The molecule has 0 fully saturated rings. The second-order valence-electron chi connectivity index (χ2n) is 6.13. The van der Waals surface area contributed by atoms with Crippen LogP contribution in [0.4, 0.5) is 10.1 Å². The van der Waals surface area contributed by atoms with E-state index >= 15 is 0 Å². The molecule has 1 aliphatic heterocycles. The number of carbonyl (C=O) groups is 1. The molecule has 0 aliphatic carbocycles. The van der Waals surface area contributed by atoms with Crippen LogP contribution in [0, 0.1) is 5.82 Å². The molecule has 0 radical (unpaired) electrons. The Labute approximate surface area is 146 Å². The van der Waals surface area contributed by atoms with Gasteiger partial charge in [0, 0.05) is 17.7 Å². The highest BCUT2D eigenvalue weighted by molar-refractivity contribution is 5.91. The predicted molar refractivity (Wildman–Crippen MR) is 92.7 cm³/mol. The first kappa shape index (κ1) is 17.2. The first-order chi connectivity index (χ1) is 12.1. The number of carbonyl (C=O) groups excluding carboxylic acids is 1. The molecule has 3 rings (SSSR count). The summed E-state index contributed by atoms with van der Waals surface area (Å²) in [5, 5.41) is 2.81. The normalized spacial score (nSPS) is 16.0. The molecule has 0 spiro atoms. The summed E-state index contributed by atoms with van der Waals surface area (Å²) in [6.07, 6.45) is 0.884. The number of benzene rings is 2. The molecule has 1 atom stereocenters. The maximum Gasteiger partial charge on any atom is 0.279 e. The molecule has 2 aromatic carbocycles. The monoisotopic (exact) mass is 345 g/mol. The van der Waals surface area contributed by atoms with Crippen molar-refractivity contribution >= 4 is 11.6 Å². The zero-order valence-electron chi connectivity index (χ0n) is 14.4. The van der Waals surface area contributed by atoms with E-state index in [9.17, 15) is 9.18 Å². The summed E-state index contributed by atoms with van der Waals surface area (Å²) in [6, 6.07) is 9.80. The number of ether oxygens (including phenoxy) is 2. The zero-order valence-corrected chi connectivity index (χ0v) is 14.4. The van der Waals surface area contributed by atoms with Gasteiger partial charge in [-0.3, -0.25) is 4.79 Å². The molecule has 2 N–H and O–H groups in total. The van der Waals surface area contributed by atoms with Gasteiger partial charge in [0.2, 0.25) is 0 Å². The van der Waals surface area contributed by atoms with E-state index in [1.165, 1.54) is 28.2 Å². The first-order valence-electron chi connectivity index (χ1n) is 8.22. The molecule has 0 bridgehead atoms. The van der Waals surface area contributed by atoms with E-state index in [2.05, 4.69) is 5.32 Å². The van der Waals surface area contributed by atoms with Crippen LogP contribution in [0.1, 0.15) is 11.1 Å². The lowest BCUT2D eigenvalue weighted by Crippen LogP contribution is -3.12. The Kier molecular flexibility index (Phi) is 5.19. The Balaban J connectivity index is 1.64. The van der Waals surface area contributed by atoms with Crippen molar-refractivity contribution in [1.82, 2.24) is 0 Å². The van der Waals surface area contributed by atoms with Gasteiger partial charge < -0.3 is 19.7 Å². The number of methoxy groups -OCH3 is 2. The summed E-state index contributed by atoms with van der Waals surface area (Å²) in [5.41, 5.74) is 3.02. The predicted octanol–water partition coefficient (Wildman–Crippen LogP) is 1.42. The Bertz CT molecular complexity index is 762. The van der Waals surface area contributed by atoms with Crippen LogP contribution < -0.4 is 19.7 Å². The molecule has 2 aromatic rings. The van der Waals surface area contributed by atoms with Crippen LogP contribution in [0.25, 0.3) is 0 Å². The average molecular weight is 345 g/mol. The van der Waals surface area contributed by atoms with E-state index in [1.807, 2.05) is 12.1 Å². The topological polar surface area (TPSA) is 52.0 Å². The molecule has 1 unspecified atom stereocenters. The fourth-order valence-electron chi connectivity index (χ4n) is 3.15. The molecule has 6 heteroatoms. The van der Waals surface area contributed by atoms with E-state index < -0.39 is 0 Å². The number of rotatable bonds is 5. The molecular weight excluding hydrogens is 323 g/mol. The van der Waals surface area contributed by atoms with Crippen molar-refractivity contribution in [3.63, 3.8) is 0 Å². The SMILES string of the molecule is COc1cc2c(cc1OC)C[NH+](CC(=O)Nc1ccc(F)cc1)CC2. The first-order valence-corrected chi connectivity index (χ1v) is 8.22. The summed E-state index contributed by atoms with van der Waals surface area (Å²) >= 11 is 0. The number of halogens is 1. The van der Waals surface area contributed by atoms with Gasteiger partial charge in [-0.1, -0.05) is 0 Å². The van der Waals surface area contributed by atoms with Gasteiger partial charge in [0.25, 0.3) is 5.91 Å². The molecule has 132 valence electrons. The van der Waals surface area contributed by atoms with E-state index in [0.29, 0.717) is 18.0 Å². The van der Waals surface area contributed by atoms with Gasteiger partial charge >= 0.3 is 0 Å².